The predicted octanol–water partition coefficient (Wildman–Crippen LogP) is 0.137. The number of aliphatic hydroxyl groups is 2. The van der Waals surface area contributed by atoms with E-state index >= 15 is 0 Å². The van der Waals surface area contributed by atoms with Crippen LogP contribution in [0.2, 0.25) is 0 Å². The summed E-state index contributed by atoms with van der Waals surface area (Å²) in [5.41, 5.74) is 0.808. The Balaban J connectivity index is 0.000000399. The van der Waals surface area contributed by atoms with Crippen LogP contribution in [0.4, 0.5) is 0 Å². The number of rotatable bonds is 6. The molecule has 1 aromatic carbocycles. The molecule has 0 unspecified atom stereocenters. The maximum absolute atomic E-state index is 10.6. The molecule has 0 bridgehead atoms. The molecule has 1 aromatic rings. The van der Waals surface area contributed by atoms with Gasteiger partial charge >= 0.3 is 0 Å². The molecule has 0 saturated carbocycles. The highest BCUT2D eigenvalue weighted by molar-refractivity contribution is 7.85. The molecule has 108 valence electrons. The lowest BCUT2D eigenvalue weighted by Crippen LogP contribution is -2.21. The maximum Gasteiger partial charge on any atom is 0.294 e. The molecule has 1 rings (SSSR count). The summed E-state index contributed by atoms with van der Waals surface area (Å²) in [6.07, 6.45) is 1.59. The molecule has 0 aliphatic rings. The highest BCUT2D eigenvalue weighted by Crippen LogP contribution is 2.10. The summed E-state index contributed by atoms with van der Waals surface area (Å²) < 4.78 is 29.7. The van der Waals surface area contributed by atoms with Gasteiger partial charge in [-0.3, -0.25) is 4.55 Å². The van der Waals surface area contributed by atoms with Crippen molar-refractivity contribution in [1.29, 1.82) is 0 Å². The van der Waals surface area contributed by atoms with Gasteiger partial charge in [-0.1, -0.05) is 24.8 Å². The molecular formula is C12H19NO5S. The van der Waals surface area contributed by atoms with E-state index in [9.17, 15) is 8.42 Å². The normalized spacial score (nSPS) is 10.5. The Kier molecular flexibility index (Phi) is 9.02. The zero-order chi connectivity index (χ0) is 14.7. The number of benzene rings is 1. The van der Waals surface area contributed by atoms with Crippen molar-refractivity contribution in [1.82, 2.24) is 5.32 Å². The van der Waals surface area contributed by atoms with Crippen molar-refractivity contribution in [3.8, 4) is 0 Å². The minimum absolute atomic E-state index is 0.104. The summed E-state index contributed by atoms with van der Waals surface area (Å²) in [7, 11) is -4.06. The number of aliphatic hydroxyl groups excluding tert-OH is 2. The Labute approximate surface area is 113 Å². The van der Waals surface area contributed by atoms with E-state index in [1.165, 1.54) is 12.1 Å². The molecule has 0 fully saturated rings. The summed E-state index contributed by atoms with van der Waals surface area (Å²) in [6, 6.07) is 5.78. The third-order valence-electron chi connectivity index (χ3n) is 1.99. The second-order valence-electron chi connectivity index (χ2n) is 3.45. The molecule has 0 radical (unpaired) electrons. The van der Waals surface area contributed by atoms with Crippen molar-refractivity contribution in [2.24, 2.45) is 0 Å². The first-order chi connectivity index (χ1) is 8.95. The van der Waals surface area contributed by atoms with Gasteiger partial charge in [0, 0.05) is 13.1 Å². The van der Waals surface area contributed by atoms with Crippen LogP contribution in [-0.4, -0.2) is 49.5 Å². The molecule has 0 spiro atoms. The molecule has 0 atom stereocenters. The highest BCUT2D eigenvalue weighted by atomic mass is 32.2. The molecule has 0 heterocycles. The predicted molar refractivity (Wildman–Crippen MR) is 73.4 cm³/mol. The Morgan fingerprint density at radius 1 is 1.11 bits per heavy atom. The molecule has 19 heavy (non-hydrogen) atoms. The lowest BCUT2D eigenvalue weighted by molar-refractivity contribution is 0.266. The van der Waals surface area contributed by atoms with Gasteiger partial charge in [-0.15, -0.1) is 0 Å². The van der Waals surface area contributed by atoms with Gasteiger partial charge in [0.1, 0.15) is 0 Å². The van der Waals surface area contributed by atoms with Gasteiger partial charge in [0.2, 0.25) is 0 Å². The fourth-order valence-corrected chi connectivity index (χ4v) is 1.54. The molecule has 0 aliphatic carbocycles. The Bertz CT molecular complexity index is 452. The zero-order valence-electron chi connectivity index (χ0n) is 10.5. The molecule has 7 heteroatoms. The smallest absolute Gasteiger partial charge is 0.294 e. The quantitative estimate of drug-likeness (QED) is 0.438. The first kappa shape index (κ1) is 17.8. The number of nitrogens with one attached hydrogen (secondary N) is 1. The molecule has 6 nitrogen and oxygen atoms in total. The third kappa shape index (κ3) is 8.46. The van der Waals surface area contributed by atoms with E-state index in [1.54, 1.807) is 18.2 Å². The molecule has 4 N–H and O–H groups in total. The lowest BCUT2D eigenvalue weighted by Gasteiger charge is -1.96. The van der Waals surface area contributed by atoms with Crippen molar-refractivity contribution in [3.63, 3.8) is 0 Å². The van der Waals surface area contributed by atoms with E-state index in [0.29, 0.717) is 13.1 Å². The van der Waals surface area contributed by atoms with Crippen LogP contribution in [0.15, 0.2) is 35.7 Å². The van der Waals surface area contributed by atoms with Gasteiger partial charge < -0.3 is 15.5 Å². The fourth-order valence-electron chi connectivity index (χ4n) is 1.06. The van der Waals surface area contributed by atoms with Crippen LogP contribution in [0.5, 0.6) is 0 Å². The number of hydrogen-bond acceptors (Lipinski definition) is 5. The average molecular weight is 289 g/mol. The summed E-state index contributed by atoms with van der Waals surface area (Å²) in [6.45, 7) is 4.93. The first-order valence-corrected chi connectivity index (χ1v) is 7.02. The zero-order valence-corrected chi connectivity index (χ0v) is 11.3. The summed E-state index contributed by atoms with van der Waals surface area (Å²) in [5, 5.41) is 19.1. The van der Waals surface area contributed by atoms with Crippen molar-refractivity contribution in [2.45, 2.75) is 4.90 Å². The minimum atomic E-state index is -4.06. The van der Waals surface area contributed by atoms with Crippen LogP contribution in [0.3, 0.4) is 0 Å². The van der Waals surface area contributed by atoms with E-state index in [0.717, 1.165) is 5.56 Å². The minimum Gasteiger partial charge on any atom is -0.395 e. The molecule has 0 amide bonds. The molecular weight excluding hydrogens is 270 g/mol. The van der Waals surface area contributed by atoms with E-state index in [2.05, 4.69) is 11.9 Å². The second-order valence-corrected chi connectivity index (χ2v) is 4.87. The summed E-state index contributed by atoms with van der Waals surface area (Å²) >= 11 is 0. The Morgan fingerprint density at radius 2 is 1.58 bits per heavy atom. The van der Waals surface area contributed by atoms with Gasteiger partial charge in [-0.05, 0) is 17.7 Å². The second kappa shape index (κ2) is 9.65. The molecule has 0 aliphatic heterocycles. The van der Waals surface area contributed by atoms with Crippen LogP contribution in [0, 0.1) is 0 Å². The van der Waals surface area contributed by atoms with Crippen molar-refractivity contribution in [2.75, 3.05) is 26.3 Å². The van der Waals surface area contributed by atoms with Crippen LogP contribution in [0.25, 0.3) is 6.08 Å². The largest absolute Gasteiger partial charge is 0.395 e. The van der Waals surface area contributed by atoms with Crippen LogP contribution in [-0.2, 0) is 10.1 Å². The van der Waals surface area contributed by atoms with Crippen molar-refractivity contribution >= 4 is 16.2 Å². The van der Waals surface area contributed by atoms with E-state index < -0.39 is 10.1 Å². The Morgan fingerprint density at radius 3 is 1.89 bits per heavy atom. The maximum atomic E-state index is 10.6. The fraction of sp³-hybridized carbons (Fsp3) is 0.333. The standard InChI is InChI=1S/C8H8O3S.C4H11NO2/c1-2-7-3-5-8(6-4-7)12(9,10)11;6-3-1-5-2-4-7/h2-6H,1H2,(H,9,10,11);5-7H,1-4H2. The lowest BCUT2D eigenvalue weighted by atomic mass is 10.2. The van der Waals surface area contributed by atoms with Gasteiger partial charge in [0.15, 0.2) is 0 Å². The summed E-state index contributed by atoms with van der Waals surface area (Å²) in [4.78, 5) is -0.104. The first-order valence-electron chi connectivity index (χ1n) is 5.58. The third-order valence-corrected chi connectivity index (χ3v) is 2.86. The Hall–Kier alpha value is -1.25. The van der Waals surface area contributed by atoms with Crippen molar-refractivity contribution in [3.05, 3.63) is 36.4 Å². The number of hydrogen-bond donors (Lipinski definition) is 4. The average Bonchev–Trinajstić information content (AvgIpc) is 2.39. The monoisotopic (exact) mass is 289 g/mol. The van der Waals surface area contributed by atoms with E-state index in [-0.39, 0.29) is 18.1 Å². The van der Waals surface area contributed by atoms with E-state index in [1.807, 2.05) is 0 Å². The van der Waals surface area contributed by atoms with Gasteiger partial charge in [-0.25, -0.2) is 0 Å². The SMILES string of the molecule is C=Cc1ccc(S(=O)(=O)O)cc1.OCCNCCO. The van der Waals surface area contributed by atoms with Crippen LogP contribution in [0.1, 0.15) is 5.56 Å². The van der Waals surface area contributed by atoms with Gasteiger partial charge in [0.05, 0.1) is 18.1 Å². The topological polar surface area (TPSA) is 107 Å². The van der Waals surface area contributed by atoms with Crippen LogP contribution < -0.4 is 5.32 Å². The highest BCUT2D eigenvalue weighted by Gasteiger charge is 2.07. The van der Waals surface area contributed by atoms with Gasteiger partial charge in [-0.2, -0.15) is 8.42 Å². The van der Waals surface area contributed by atoms with Crippen molar-refractivity contribution < 1.29 is 23.2 Å². The van der Waals surface area contributed by atoms with Crippen LogP contribution >= 0.6 is 0 Å². The molecule has 0 saturated heterocycles. The van der Waals surface area contributed by atoms with Gasteiger partial charge in [0.25, 0.3) is 10.1 Å². The summed E-state index contributed by atoms with van der Waals surface area (Å²) in [5.74, 6) is 0. The van der Waals surface area contributed by atoms with E-state index in [4.69, 9.17) is 14.8 Å². The molecule has 0 aromatic heterocycles.